The minimum atomic E-state index is 0.335. The third kappa shape index (κ3) is 4.97. The first-order valence-corrected chi connectivity index (χ1v) is 9.32. The molecular weight excluding hydrogens is 268 g/mol. The van der Waals surface area contributed by atoms with Crippen molar-refractivity contribution in [2.24, 2.45) is 5.92 Å². The number of unbranched alkanes of at least 4 members (excludes halogenated alkanes) is 3. The maximum Gasteiger partial charge on any atom is 0.140 e. The lowest BCUT2D eigenvalue weighted by molar-refractivity contribution is -0.123. The zero-order valence-corrected chi connectivity index (χ0v) is 14.5. The minimum Gasteiger partial charge on any atom is -0.299 e. The molecule has 1 saturated carbocycles. The average Bonchev–Trinajstić information content (AvgIpc) is 2.55. The topological polar surface area (TPSA) is 17.1 Å². The second-order valence-electron chi connectivity index (χ2n) is 7.00. The molecule has 0 saturated heterocycles. The van der Waals surface area contributed by atoms with Crippen LogP contribution >= 0.6 is 0 Å². The lowest BCUT2D eigenvalue weighted by Crippen LogP contribution is -2.20. The number of carbonyl (C=O) groups excluding carboxylic acids is 1. The van der Waals surface area contributed by atoms with Gasteiger partial charge < -0.3 is 0 Å². The van der Waals surface area contributed by atoms with E-state index in [1.807, 2.05) is 0 Å². The Hall–Kier alpha value is -1.11. The summed E-state index contributed by atoms with van der Waals surface area (Å²) in [6.07, 6.45) is 13.0. The fraction of sp³-hybridized carbons (Fsp3) is 0.667. The van der Waals surface area contributed by atoms with Crippen molar-refractivity contribution in [3.63, 3.8) is 0 Å². The highest BCUT2D eigenvalue weighted by molar-refractivity contribution is 5.84. The third-order valence-electron chi connectivity index (χ3n) is 5.22. The average molecular weight is 300 g/mol. The summed E-state index contributed by atoms with van der Waals surface area (Å²) in [5.41, 5.74) is 4.05. The quantitative estimate of drug-likeness (QED) is 0.554. The summed E-state index contributed by atoms with van der Waals surface area (Å²) in [6, 6.07) is 6.56. The Morgan fingerprint density at radius 3 is 2.59 bits per heavy atom. The van der Waals surface area contributed by atoms with E-state index >= 15 is 0 Å². The fourth-order valence-electron chi connectivity index (χ4n) is 3.74. The summed E-state index contributed by atoms with van der Waals surface area (Å²) in [6.45, 7) is 4.42. The van der Waals surface area contributed by atoms with Crippen LogP contribution in [0.4, 0.5) is 0 Å². The molecule has 122 valence electrons. The van der Waals surface area contributed by atoms with E-state index < -0.39 is 0 Å². The van der Waals surface area contributed by atoms with Gasteiger partial charge in [0.2, 0.25) is 0 Å². The summed E-state index contributed by atoms with van der Waals surface area (Å²) < 4.78 is 0. The first-order chi connectivity index (χ1) is 10.7. The van der Waals surface area contributed by atoms with Gasteiger partial charge in [0.05, 0.1) is 0 Å². The highest BCUT2D eigenvalue weighted by atomic mass is 16.1. The van der Waals surface area contributed by atoms with Crippen LogP contribution in [0.5, 0.6) is 0 Å². The summed E-state index contributed by atoms with van der Waals surface area (Å²) in [7, 11) is 0. The van der Waals surface area contributed by atoms with Crippen LogP contribution in [0.15, 0.2) is 18.2 Å². The van der Waals surface area contributed by atoms with Gasteiger partial charge in [0.25, 0.3) is 0 Å². The molecule has 1 heteroatoms. The first-order valence-electron chi connectivity index (χ1n) is 9.32. The van der Waals surface area contributed by atoms with Crippen molar-refractivity contribution < 1.29 is 4.79 Å². The Bertz CT molecular complexity index is 469. The molecule has 1 fully saturated rings. The van der Waals surface area contributed by atoms with Crippen molar-refractivity contribution in [3.05, 3.63) is 34.9 Å². The lowest BCUT2D eigenvalue weighted by Gasteiger charge is -2.21. The zero-order valence-electron chi connectivity index (χ0n) is 14.5. The molecule has 0 aliphatic heterocycles. The Morgan fingerprint density at radius 2 is 1.86 bits per heavy atom. The molecule has 1 aromatic carbocycles. The monoisotopic (exact) mass is 300 g/mol. The van der Waals surface area contributed by atoms with Gasteiger partial charge in [-0.15, -0.1) is 0 Å². The van der Waals surface area contributed by atoms with E-state index in [0.717, 1.165) is 19.3 Å². The number of benzene rings is 1. The minimum absolute atomic E-state index is 0.335. The number of hydrogen-bond donors (Lipinski definition) is 0. The van der Waals surface area contributed by atoms with Crippen LogP contribution in [-0.4, -0.2) is 5.78 Å². The van der Waals surface area contributed by atoms with Crippen molar-refractivity contribution in [2.45, 2.75) is 84.5 Å². The largest absolute Gasteiger partial charge is 0.299 e. The van der Waals surface area contributed by atoms with Crippen LogP contribution in [-0.2, 0) is 17.6 Å². The molecule has 1 nitrogen and oxygen atoms in total. The van der Waals surface area contributed by atoms with E-state index in [1.54, 1.807) is 0 Å². The van der Waals surface area contributed by atoms with Gasteiger partial charge in [-0.25, -0.2) is 0 Å². The SMILES string of the molecule is CCCCCCc1cccc(C)c1CC(=O)C1CCCCC1. The molecule has 0 N–H and O–H groups in total. The Morgan fingerprint density at radius 1 is 1.09 bits per heavy atom. The van der Waals surface area contributed by atoms with Crippen LogP contribution in [0.3, 0.4) is 0 Å². The number of hydrogen-bond acceptors (Lipinski definition) is 1. The second kappa shape index (κ2) is 9.12. The molecule has 0 aromatic heterocycles. The number of carbonyl (C=O) groups is 1. The molecule has 0 amide bonds. The van der Waals surface area contributed by atoms with Gasteiger partial charge in [-0.3, -0.25) is 4.79 Å². The van der Waals surface area contributed by atoms with Crippen LogP contribution in [0, 0.1) is 12.8 Å². The fourth-order valence-corrected chi connectivity index (χ4v) is 3.74. The second-order valence-corrected chi connectivity index (χ2v) is 7.00. The van der Waals surface area contributed by atoms with Crippen LogP contribution in [0.25, 0.3) is 0 Å². The predicted octanol–water partition coefficient (Wildman–Crippen LogP) is 5.81. The summed E-state index contributed by atoms with van der Waals surface area (Å²) in [5.74, 6) is 0.824. The third-order valence-corrected chi connectivity index (χ3v) is 5.22. The molecule has 2 rings (SSSR count). The standard InChI is InChI=1S/C21H32O/c1-3-4-5-7-12-18-15-10-11-17(2)20(18)16-21(22)19-13-8-6-9-14-19/h10-11,15,19H,3-9,12-14,16H2,1-2H3. The lowest BCUT2D eigenvalue weighted by atomic mass is 9.82. The number of ketones is 1. The van der Waals surface area contributed by atoms with E-state index in [1.165, 1.54) is 61.6 Å². The van der Waals surface area contributed by atoms with Gasteiger partial charge in [-0.2, -0.15) is 0 Å². The summed E-state index contributed by atoms with van der Waals surface area (Å²) in [5, 5.41) is 0. The van der Waals surface area contributed by atoms with Crippen molar-refractivity contribution in [2.75, 3.05) is 0 Å². The van der Waals surface area contributed by atoms with Gasteiger partial charge >= 0.3 is 0 Å². The highest BCUT2D eigenvalue weighted by Crippen LogP contribution is 2.27. The summed E-state index contributed by atoms with van der Waals surface area (Å²) in [4.78, 5) is 12.6. The van der Waals surface area contributed by atoms with Crippen molar-refractivity contribution >= 4 is 5.78 Å². The van der Waals surface area contributed by atoms with E-state index in [9.17, 15) is 4.79 Å². The normalized spacial score (nSPS) is 15.9. The number of rotatable bonds is 8. The molecule has 0 radical (unpaired) electrons. The first kappa shape index (κ1) is 17.2. The van der Waals surface area contributed by atoms with Gasteiger partial charge in [0.1, 0.15) is 5.78 Å². The maximum atomic E-state index is 12.6. The van der Waals surface area contributed by atoms with Gasteiger partial charge in [0, 0.05) is 12.3 Å². The predicted molar refractivity (Wildman–Crippen MR) is 94.3 cm³/mol. The highest BCUT2D eigenvalue weighted by Gasteiger charge is 2.22. The molecule has 0 unspecified atom stereocenters. The number of Topliss-reactive ketones (excluding diaryl/α,β-unsaturated/α-hetero) is 1. The summed E-state index contributed by atoms with van der Waals surface area (Å²) >= 11 is 0. The van der Waals surface area contributed by atoms with E-state index in [4.69, 9.17) is 0 Å². The van der Waals surface area contributed by atoms with Crippen molar-refractivity contribution in [1.29, 1.82) is 0 Å². The van der Waals surface area contributed by atoms with E-state index in [0.29, 0.717) is 18.1 Å². The van der Waals surface area contributed by atoms with Crippen LogP contribution < -0.4 is 0 Å². The van der Waals surface area contributed by atoms with Crippen molar-refractivity contribution in [1.82, 2.24) is 0 Å². The van der Waals surface area contributed by atoms with Gasteiger partial charge in [-0.05, 0) is 49.3 Å². The smallest absolute Gasteiger partial charge is 0.140 e. The molecule has 0 bridgehead atoms. The van der Waals surface area contributed by atoms with Gasteiger partial charge in [-0.1, -0.05) is 63.6 Å². The number of aryl methyl sites for hydroxylation is 2. The molecule has 0 atom stereocenters. The zero-order chi connectivity index (χ0) is 15.8. The molecule has 1 aromatic rings. The molecule has 0 heterocycles. The molecule has 1 aliphatic rings. The Labute approximate surface area is 136 Å². The van der Waals surface area contributed by atoms with E-state index in [-0.39, 0.29) is 0 Å². The molecule has 1 aliphatic carbocycles. The Kier molecular flexibility index (Phi) is 7.15. The van der Waals surface area contributed by atoms with Crippen LogP contribution in [0.2, 0.25) is 0 Å². The molecule has 0 spiro atoms. The van der Waals surface area contributed by atoms with Gasteiger partial charge in [0.15, 0.2) is 0 Å². The maximum absolute atomic E-state index is 12.6. The Balaban J connectivity index is 2.00. The van der Waals surface area contributed by atoms with Crippen LogP contribution in [0.1, 0.15) is 81.4 Å². The van der Waals surface area contributed by atoms with E-state index in [2.05, 4.69) is 32.0 Å². The molecule has 22 heavy (non-hydrogen) atoms. The van der Waals surface area contributed by atoms with Crippen molar-refractivity contribution in [3.8, 4) is 0 Å². The molecular formula is C21H32O.